The third kappa shape index (κ3) is 4.21. The number of aliphatic carboxylic acids is 1. The number of Topliss-reactive ketones (excluding diaryl/α,β-unsaturated/α-hetero) is 1. The number of hydrogen-bond acceptors (Lipinski definition) is 5. The molecule has 7 heteroatoms. The maximum atomic E-state index is 12.2. The summed E-state index contributed by atoms with van der Waals surface area (Å²) in [5.41, 5.74) is 0. The maximum Gasteiger partial charge on any atom is 0.317 e. The highest BCUT2D eigenvalue weighted by Gasteiger charge is 2.37. The zero-order valence-electron chi connectivity index (χ0n) is 13.7. The van der Waals surface area contributed by atoms with E-state index in [0.717, 1.165) is 19.4 Å². The average Bonchev–Trinajstić information content (AvgIpc) is 3.13. The van der Waals surface area contributed by atoms with E-state index in [4.69, 9.17) is 5.11 Å². The Bertz CT molecular complexity index is 647. The van der Waals surface area contributed by atoms with Gasteiger partial charge >= 0.3 is 5.97 Å². The minimum atomic E-state index is -0.793. The highest BCUT2D eigenvalue weighted by atomic mass is 32.1. The Kier molecular flexibility index (Phi) is 5.01. The van der Waals surface area contributed by atoms with Crippen LogP contribution in [0.4, 0.5) is 0 Å². The number of carboxylic acid groups (broad SMARTS) is 1. The van der Waals surface area contributed by atoms with E-state index in [0.29, 0.717) is 15.7 Å². The number of carbonyl (C=O) groups excluding carboxylic acids is 2. The van der Waals surface area contributed by atoms with Gasteiger partial charge in [-0.1, -0.05) is 0 Å². The number of amides is 1. The molecule has 0 atom stereocenters. The second-order valence-corrected chi connectivity index (χ2v) is 7.87. The van der Waals surface area contributed by atoms with E-state index >= 15 is 0 Å². The molecule has 2 fully saturated rings. The molecule has 2 aliphatic rings. The van der Waals surface area contributed by atoms with Crippen LogP contribution in [0.3, 0.4) is 0 Å². The summed E-state index contributed by atoms with van der Waals surface area (Å²) in [6.07, 6.45) is 3.97. The summed E-state index contributed by atoms with van der Waals surface area (Å²) in [5.74, 6) is -0.331. The fraction of sp³-hybridized carbons (Fsp3) is 0.588. The van der Waals surface area contributed by atoms with Crippen LogP contribution in [0.25, 0.3) is 0 Å². The Morgan fingerprint density at radius 1 is 1.25 bits per heavy atom. The molecule has 2 saturated carbocycles. The summed E-state index contributed by atoms with van der Waals surface area (Å²) < 4.78 is 0. The van der Waals surface area contributed by atoms with Crippen LogP contribution < -0.4 is 5.32 Å². The quantitative estimate of drug-likeness (QED) is 0.701. The van der Waals surface area contributed by atoms with Gasteiger partial charge in [0.2, 0.25) is 0 Å². The summed E-state index contributed by atoms with van der Waals surface area (Å²) in [4.78, 5) is 37.7. The second-order valence-electron chi connectivity index (χ2n) is 6.78. The average molecular weight is 350 g/mol. The van der Waals surface area contributed by atoms with Gasteiger partial charge in [-0.15, -0.1) is 11.3 Å². The third-order valence-electron chi connectivity index (χ3n) is 4.67. The predicted molar refractivity (Wildman–Crippen MR) is 90.5 cm³/mol. The Labute approximate surface area is 144 Å². The smallest absolute Gasteiger partial charge is 0.317 e. The van der Waals surface area contributed by atoms with Gasteiger partial charge in [-0.25, -0.2) is 0 Å². The SMILES string of the molecule is CC(=O)c1ccc(C(=O)NC2CC(N(CC(=O)O)CC3CC3)C2)s1. The van der Waals surface area contributed by atoms with Crippen molar-refractivity contribution in [2.75, 3.05) is 13.1 Å². The maximum absolute atomic E-state index is 12.2. The number of thiophene rings is 1. The van der Waals surface area contributed by atoms with Crippen molar-refractivity contribution in [1.29, 1.82) is 0 Å². The van der Waals surface area contributed by atoms with E-state index < -0.39 is 5.97 Å². The van der Waals surface area contributed by atoms with E-state index in [1.165, 1.54) is 31.1 Å². The Morgan fingerprint density at radius 2 is 1.92 bits per heavy atom. The number of rotatable bonds is 8. The predicted octanol–water partition coefficient (Wildman–Crippen LogP) is 2.01. The molecule has 0 unspecified atom stereocenters. The first-order chi connectivity index (χ1) is 11.4. The largest absolute Gasteiger partial charge is 0.480 e. The minimum absolute atomic E-state index is 0.0350. The van der Waals surface area contributed by atoms with Crippen molar-refractivity contribution in [2.45, 2.75) is 44.7 Å². The molecule has 130 valence electrons. The summed E-state index contributed by atoms with van der Waals surface area (Å²) in [6, 6.07) is 3.68. The van der Waals surface area contributed by atoms with Crippen molar-refractivity contribution in [2.24, 2.45) is 5.92 Å². The lowest BCUT2D eigenvalue weighted by molar-refractivity contribution is -0.139. The molecule has 1 aromatic rings. The zero-order valence-corrected chi connectivity index (χ0v) is 14.5. The van der Waals surface area contributed by atoms with E-state index in [1.807, 2.05) is 4.90 Å². The standard InChI is InChI=1S/C17H22N2O4S/c1-10(20)14-4-5-15(24-14)17(23)18-12-6-13(7-12)19(9-16(21)22)8-11-2-3-11/h4-5,11-13H,2-3,6-9H2,1H3,(H,18,23)(H,21,22). The lowest BCUT2D eigenvalue weighted by Gasteiger charge is -2.42. The molecule has 0 aromatic carbocycles. The van der Waals surface area contributed by atoms with Gasteiger partial charge in [0.15, 0.2) is 5.78 Å². The normalized spacial score (nSPS) is 22.9. The first kappa shape index (κ1) is 17.1. The van der Waals surface area contributed by atoms with Gasteiger partial charge in [0.1, 0.15) is 0 Å². The molecular formula is C17H22N2O4S. The van der Waals surface area contributed by atoms with Crippen LogP contribution >= 0.6 is 11.3 Å². The van der Waals surface area contributed by atoms with Gasteiger partial charge in [-0.3, -0.25) is 19.3 Å². The van der Waals surface area contributed by atoms with Gasteiger partial charge < -0.3 is 10.4 Å². The summed E-state index contributed by atoms with van der Waals surface area (Å²) in [7, 11) is 0. The van der Waals surface area contributed by atoms with Crippen LogP contribution in [-0.4, -0.2) is 52.8 Å². The lowest BCUT2D eigenvalue weighted by atomic mass is 9.85. The van der Waals surface area contributed by atoms with E-state index in [1.54, 1.807) is 12.1 Å². The number of nitrogens with one attached hydrogen (secondary N) is 1. The van der Waals surface area contributed by atoms with Gasteiger partial charge in [0.05, 0.1) is 16.3 Å². The fourth-order valence-corrected chi connectivity index (χ4v) is 3.86. The highest BCUT2D eigenvalue weighted by molar-refractivity contribution is 7.15. The summed E-state index contributed by atoms with van der Waals surface area (Å²) in [5, 5.41) is 12.0. The third-order valence-corrected chi connectivity index (χ3v) is 5.85. The molecule has 6 nitrogen and oxygen atoms in total. The first-order valence-electron chi connectivity index (χ1n) is 8.30. The van der Waals surface area contributed by atoms with E-state index in [9.17, 15) is 14.4 Å². The molecule has 0 aliphatic heterocycles. The van der Waals surface area contributed by atoms with Crippen LogP contribution in [0.5, 0.6) is 0 Å². The van der Waals surface area contributed by atoms with E-state index in [2.05, 4.69) is 5.32 Å². The number of carbonyl (C=O) groups is 3. The molecule has 0 radical (unpaired) electrons. The number of ketones is 1. The zero-order chi connectivity index (χ0) is 17.3. The summed E-state index contributed by atoms with van der Waals surface area (Å²) >= 11 is 1.21. The second kappa shape index (κ2) is 7.03. The van der Waals surface area contributed by atoms with Crippen molar-refractivity contribution in [1.82, 2.24) is 10.2 Å². The number of carboxylic acids is 1. The fourth-order valence-electron chi connectivity index (χ4n) is 3.06. The van der Waals surface area contributed by atoms with Crippen molar-refractivity contribution in [3.63, 3.8) is 0 Å². The van der Waals surface area contributed by atoms with Crippen LogP contribution in [0.15, 0.2) is 12.1 Å². The van der Waals surface area contributed by atoms with Crippen molar-refractivity contribution < 1.29 is 19.5 Å². The molecule has 0 saturated heterocycles. The Hall–Kier alpha value is -1.73. The van der Waals surface area contributed by atoms with Crippen LogP contribution in [0.2, 0.25) is 0 Å². The number of hydrogen-bond donors (Lipinski definition) is 2. The first-order valence-corrected chi connectivity index (χ1v) is 9.11. The number of nitrogens with zero attached hydrogens (tertiary/aromatic N) is 1. The molecular weight excluding hydrogens is 328 g/mol. The van der Waals surface area contributed by atoms with Gasteiger partial charge in [0.25, 0.3) is 5.91 Å². The van der Waals surface area contributed by atoms with E-state index in [-0.39, 0.29) is 30.3 Å². The van der Waals surface area contributed by atoms with Gasteiger partial charge in [0, 0.05) is 18.6 Å². The minimum Gasteiger partial charge on any atom is -0.480 e. The van der Waals surface area contributed by atoms with Crippen molar-refractivity contribution in [3.8, 4) is 0 Å². The monoisotopic (exact) mass is 350 g/mol. The molecule has 1 aromatic heterocycles. The topological polar surface area (TPSA) is 86.7 Å². The van der Waals surface area contributed by atoms with Crippen molar-refractivity contribution >= 4 is 29.0 Å². The van der Waals surface area contributed by atoms with Crippen LogP contribution in [0, 0.1) is 5.92 Å². The molecule has 1 amide bonds. The van der Waals surface area contributed by atoms with Crippen LogP contribution in [0.1, 0.15) is 52.0 Å². The van der Waals surface area contributed by atoms with Gasteiger partial charge in [-0.05, 0) is 50.7 Å². The molecule has 2 aliphatic carbocycles. The van der Waals surface area contributed by atoms with Crippen molar-refractivity contribution in [3.05, 3.63) is 21.9 Å². The molecule has 2 N–H and O–H groups in total. The summed E-state index contributed by atoms with van der Waals surface area (Å²) in [6.45, 7) is 2.42. The Morgan fingerprint density at radius 3 is 2.46 bits per heavy atom. The van der Waals surface area contributed by atoms with Gasteiger partial charge in [-0.2, -0.15) is 0 Å². The molecule has 1 heterocycles. The highest BCUT2D eigenvalue weighted by Crippen LogP contribution is 2.34. The molecule has 3 rings (SSSR count). The molecule has 0 spiro atoms. The molecule has 24 heavy (non-hydrogen) atoms. The Balaban J connectivity index is 1.48. The molecule has 0 bridgehead atoms. The van der Waals surface area contributed by atoms with Crippen LogP contribution in [-0.2, 0) is 4.79 Å². The lowest BCUT2D eigenvalue weighted by Crippen LogP contribution is -2.55.